The Morgan fingerprint density at radius 2 is 2.24 bits per heavy atom. The van der Waals surface area contributed by atoms with Crippen molar-refractivity contribution >= 4 is 27.5 Å². The molecule has 0 radical (unpaired) electrons. The molecule has 0 aliphatic carbocycles. The highest BCUT2D eigenvalue weighted by Gasteiger charge is 2.21. The molecule has 5 nitrogen and oxygen atoms in total. The normalized spacial score (nSPS) is 9.76. The van der Waals surface area contributed by atoms with Gasteiger partial charge in [0, 0.05) is 16.6 Å². The topological polar surface area (TPSA) is 72.2 Å². The van der Waals surface area contributed by atoms with Gasteiger partial charge in [0.15, 0.2) is 0 Å². The minimum absolute atomic E-state index is 0.0590. The summed E-state index contributed by atoms with van der Waals surface area (Å²) in [5.74, 6) is -0.485. The van der Waals surface area contributed by atoms with Crippen molar-refractivity contribution in [2.45, 2.75) is 6.92 Å². The lowest BCUT2D eigenvalue weighted by Gasteiger charge is -2.06. The van der Waals surface area contributed by atoms with Crippen LogP contribution >= 0.6 is 15.9 Å². The maximum Gasteiger partial charge on any atom is 0.285 e. The maximum absolute atomic E-state index is 11.7. The van der Waals surface area contributed by atoms with E-state index in [9.17, 15) is 14.9 Å². The summed E-state index contributed by atoms with van der Waals surface area (Å²) < 4.78 is 0.598. The number of hydrogen-bond acceptors (Lipinski definition) is 3. The van der Waals surface area contributed by atoms with E-state index in [0.717, 1.165) is 0 Å². The minimum Gasteiger partial charge on any atom is -0.347 e. The highest BCUT2D eigenvalue weighted by molar-refractivity contribution is 9.11. The van der Waals surface area contributed by atoms with Crippen molar-refractivity contribution in [2.75, 3.05) is 6.54 Å². The molecule has 1 aromatic carbocycles. The van der Waals surface area contributed by atoms with Gasteiger partial charge in [-0.05, 0) is 13.0 Å². The molecule has 6 heteroatoms. The lowest BCUT2D eigenvalue weighted by molar-refractivity contribution is -0.385. The highest BCUT2D eigenvalue weighted by atomic mass is 79.9. The summed E-state index contributed by atoms with van der Waals surface area (Å²) >= 11 is 3.09. The Labute approximate surface area is 107 Å². The number of nitro benzene ring substituents is 1. The van der Waals surface area contributed by atoms with Crippen molar-refractivity contribution in [3.8, 4) is 0 Å². The molecule has 0 saturated carbocycles. The fourth-order valence-electron chi connectivity index (χ4n) is 1.36. The first-order valence-corrected chi connectivity index (χ1v) is 5.58. The van der Waals surface area contributed by atoms with Crippen LogP contribution in [0.4, 0.5) is 5.69 Å². The molecular weight excluding hydrogens is 288 g/mol. The number of nitro groups is 1. The number of amides is 1. The smallest absolute Gasteiger partial charge is 0.285 e. The summed E-state index contributed by atoms with van der Waals surface area (Å²) in [6.07, 6.45) is 0. The highest BCUT2D eigenvalue weighted by Crippen LogP contribution is 2.22. The molecule has 0 fully saturated rings. The number of halogens is 1. The Kier molecular flexibility index (Phi) is 4.39. The van der Waals surface area contributed by atoms with Gasteiger partial charge in [0.05, 0.1) is 4.92 Å². The van der Waals surface area contributed by atoms with Gasteiger partial charge in [0.2, 0.25) is 0 Å². The SMILES string of the molecule is C=C(Br)CNC(=O)c1cccc(C)c1[N+](=O)[O-]. The molecule has 0 aliphatic rings. The fourth-order valence-corrected chi connectivity index (χ4v) is 1.50. The average Bonchev–Trinajstić information content (AvgIpc) is 2.24. The molecule has 1 N–H and O–H groups in total. The Morgan fingerprint density at radius 1 is 1.59 bits per heavy atom. The quantitative estimate of drug-likeness (QED) is 0.686. The third kappa shape index (κ3) is 3.39. The number of aryl methyl sites for hydroxylation is 1. The molecule has 17 heavy (non-hydrogen) atoms. The van der Waals surface area contributed by atoms with Crippen LogP contribution in [0.15, 0.2) is 29.3 Å². The van der Waals surface area contributed by atoms with Gasteiger partial charge < -0.3 is 5.32 Å². The van der Waals surface area contributed by atoms with Crippen LogP contribution in [-0.2, 0) is 0 Å². The summed E-state index contributed by atoms with van der Waals surface area (Å²) in [7, 11) is 0. The molecule has 0 unspecified atom stereocenters. The van der Waals surface area contributed by atoms with Gasteiger partial charge in [-0.3, -0.25) is 14.9 Å². The fraction of sp³-hybridized carbons (Fsp3) is 0.182. The lowest BCUT2D eigenvalue weighted by Crippen LogP contribution is -2.25. The van der Waals surface area contributed by atoms with E-state index in [2.05, 4.69) is 27.8 Å². The number of para-hydroxylation sites is 1. The third-order valence-corrected chi connectivity index (χ3v) is 2.39. The molecule has 90 valence electrons. The summed E-state index contributed by atoms with van der Waals surface area (Å²) in [4.78, 5) is 22.1. The molecule has 0 bridgehead atoms. The summed E-state index contributed by atoms with van der Waals surface area (Å²) in [5.41, 5.74) is 0.356. The molecule has 0 heterocycles. The molecule has 1 amide bonds. The van der Waals surface area contributed by atoms with E-state index in [1.165, 1.54) is 6.07 Å². The summed E-state index contributed by atoms with van der Waals surface area (Å²) in [6.45, 7) is 5.39. The monoisotopic (exact) mass is 298 g/mol. The van der Waals surface area contributed by atoms with Crippen molar-refractivity contribution < 1.29 is 9.72 Å². The van der Waals surface area contributed by atoms with Crippen LogP contribution in [0, 0.1) is 17.0 Å². The van der Waals surface area contributed by atoms with Crippen molar-refractivity contribution in [1.82, 2.24) is 5.32 Å². The predicted molar refractivity (Wildman–Crippen MR) is 68.2 cm³/mol. The molecule has 1 aromatic rings. The first-order chi connectivity index (χ1) is 7.93. The van der Waals surface area contributed by atoms with E-state index in [1.54, 1.807) is 19.1 Å². The predicted octanol–water partition coefficient (Wildman–Crippen LogP) is 2.54. The minimum atomic E-state index is -0.548. The Hall–Kier alpha value is -1.69. The number of benzene rings is 1. The maximum atomic E-state index is 11.7. The average molecular weight is 299 g/mol. The van der Waals surface area contributed by atoms with E-state index in [1.807, 2.05) is 0 Å². The van der Waals surface area contributed by atoms with Gasteiger partial charge in [-0.1, -0.05) is 34.6 Å². The van der Waals surface area contributed by atoms with Crippen LogP contribution < -0.4 is 5.32 Å². The van der Waals surface area contributed by atoms with Crippen LogP contribution in [-0.4, -0.2) is 17.4 Å². The Balaban J connectivity index is 3.05. The molecule has 1 rings (SSSR count). The summed E-state index contributed by atoms with van der Waals surface area (Å²) in [6, 6.07) is 4.63. The van der Waals surface area contributed by atoms with Crippen LogP contribution in [0.1, 0.15) is 15.9 Å². The number of nitrogens with one attached hydrogen (secondary N) is 1. The van der Waals surface area contributed by atoms with E-state index >= 15 is 0 Å². The zero-order valence-electron chi connectivity index (χ0n) is 9.20. The van der Waals surface area contributed by atoms with E-state index in [4.69, 9.17) is 0 Å². The molecule has 0 aromatic heterocycles. The van der Waals surface area contributed by atoms with Crippen LogP contribution in [0.25, 0.3) is 0 Å². The van der Waals surface area contributed by atoms with Gasteiger partial charge in [-0.15, -0.1) is 0 Å². The second-order valence-corrected chi connectivity index (χ2v) is 4.55. The van der Waals surface area contributed by atoms with E-state index in [-0.39, 0.29) is 17.8 Å². The Bertz CT molecular complexity index is 486. The van der Waals surface area contributed by atoms with E-state index < -0.39 is 10.8 Å². The van der Waals surface area contributed by atoms with Crippen molar-refractivity contribution in [3.63, 3.8) is 0 Å². The molecule has 0 atom stereocenters. The van der Waals surface area contributed by atoms with Crippen molar-refractivity contribution in [1.29, 1.82) is 0 Å². The first kappa shape index (κ1) is 13.4. The van der Waals surface area contributed by atoms with Crippen molar-refractivity contribution in [3.05, 3.63) is 50.5 Å². The van der Waals surface area contributed by atoms with Crippen LogP contribution in [0.2, 0.25) is 0 Å². The zero-order chi connectivity index (χ0) is 13.0. The van der Waals surface area contributed by atoms with Gasteiger partial charge >= 0.3 is 0 Å². The molecule has 0 spiro atoms. The van der Waals surface area contributed by atoms with Gasteiger partial charge in [-0.2, -0.15) is 0 Å². The molecule has 0 saturated heterocycles. The number of carbonyl (C=O) groups is 1. The second kappa shape index (κ2) is 5.58. The number of hydrogen-bond donors (Lipinski definition) is 1. The van der Waals surface area contributed by atoms with E-state index in [0.29, 0.717) is 10.0 Å². The van der Waals surface area contributed by atoms with Crippen LogP contribution in [0.3, 0.4) is 0 Å². The van der Waals surface area contributed by atoms with Gasteiger partial charge in [-0.25, -0.2) is 0 Å². The first-order valence-electron chi connectivity index (χ1n) is 4.79. The van der Waals surface area contributed by atoms with Gasteiger partial charge in [0.1, 0.15) is 5.56 Å². The Morgan fingerprint density at radius 3 is 2.76 bits per heavy atom. The second-order valence-electron chi connectivity index (χ2n) is 3.43. The summed E-state index contributed by atoms with van der Waals surface area (Å²) in [5, 5.41) is 13.4. The van der Waals surface area contributed by atoms with Gasteiger partial charge in [0.25, 0.3) is 11.6 Å². The molecular formula is C11H11BrN2O3. The number of rotatable bonds is 4. The number of nitrogens with zero attached hydrogens (tertiary/aromatic N) is 1. The van der Waals surface area contributed by atoms with Crippen LogP contribution in [0.5, 0.6) is 0 Å². The zero-order valence-corrected chi connectivity index (χ0v) is 10.8. The molecule has 0 aliphatic heterocycles. The largest absolute Gasteiger partial charge is 0.347 e. The lowest BCUT2D eigenvalue weighted by atomic mass is 10.1. The number of carbonyl (C=O) groups excluding carboxylic acids is 1. The van der Waals surface area contributed by atoms with Crippen molar-refractivity contribution in [2.24, 2.45) is 0 Å². The standard InChI is InChI=1S/C11H11BrN2O3/c1-7-4-3-5-9(10(7)14(16)17)11(15)13-6-8(2)12/h3-5H,2,6H2,1H3,(H,13,15). The third-order valence-electron chi connectivity index (χ3n) is 2.11.